The maximum Gasteiger partial charge on any atom is 0.223 e. The number of fused-ring (bicyclic) bond motifs is 1. The molecule has 2 aromatic carbocycles. The standard InChI is InChI=1S/C27H29N3O4S/c31-23(21-7-9-24-25(17-21)34-16-4-15-33-24)8-10-26(32)30-13-11-29(12-14-30)18-22-19-35-27(28-22)20-5-2-1-3-6-20/h1-3,5-7,9,17,19H,4,8,10-16,18H2. The fraction of sp³-hybridized carbons (Fsp3) is 0.370. The van der Waals surface area contributed by atoms with Crippen molar-refractivity contribution in [2.24, 2.45) is 0 Å². The summed E-state index contributed by atoms with van der Waals surface area (Å²) in [6.45, 7) is 4.93. The summed E-state index contributed by atoms with van der Waals surface area (Å²) >= 11 is 1.66. The third kappa shape index (κ3) is 5.89. The van der Waals surface area contributed by atoms with Gasteiger partial charge in [0.25, 0.3) is 0 Å². The molecule has 0 atom stereocenters. The zero-order valence-corrected chi connectivity index (χ0v) is 20.5. The van der Waals surface area contributed by atoms with Gasteiger partial charge in [-0.25, -0.2) is 4.98 Å². The number of ketones is 1. The van der Waals surface area contributed by atoms with Crippen molar-refractivity contribution in [1.29, 1.82) is 0 Å². The van der Waals surface area contributed by atoms with Crippen LogP contribution in [0.15, 0.2) is 53.9 Å². The maximum atomic E-state index is 12.7. The number of rotatable bonds is 7. The van der Waals surface area contributed by atoms with E-state index in [1.165, 1.54) is 0 Å². The molecule has 0 spiro atoms. The molecule has 3 aromatic rings. The lowest BCUT2D eigenvalue weighted by atomic mass is 10.1. The lowest BCUT2D eigenvalue weighted by Gasteiger charge is -2.34. The Balaban J connectivity index is 1.08. The molecule has 7 nitrogen and oxygen atoms in total. The molecule has 0 aliphatic carbocycles. The molecule has 0 unspecified atom stereocenters. The summed E-state index contributed by atoms with van der Waals surface area (Å²) in [7, 11) is 0. The number of thiazole rings is 1. The third-order valence-corrected chi connectivity index (χ3v) is 7.26. The molecular weight excluding hydrogens is 462 g/mol. The molecule has 35 heavy (non-hydrogen) atoms. The van der Waals surface area contributed by atoms with E-state index < -0.39 is 0 Å². The van der Waals surface area contributed by atoms with Crippen LogP contribution in [-0.2, 0) is 11.3 Å². The van der Waals surface area contributed by atoms with Gasteiger partial charge >= 0.3 is 0 Å². The maximum absolute atomic E-state index is 12.7. The molecule has 5 rings (SSSR count). The minimum atomic E-state index is -0.0506. The van der Waals surface area contributed by atoms with Crippen molar-refractivity contribution in [2.45, 2.75) is 25.8 Å². The van der Waals surface area contributed by atoms with Gasteiger partial charge in [-0.2, -0.15) is 0 Å². The van der Waals surface area contributed by atoms with E-state index in [9.17, 15) is 9.59 Å². The second-order valence-corrected chi connectivity index (χ2v) is 9.66. The van der Waals surface area contributed by atoms with Gasteiger partial charge in [-0.3, -0.25) is 14.5 Å². The number of amides is 1. The van der Waals surface area contributed by atoms with E-state index in [1.54, 1.807) is 29.5 Å². The van der Waals surface area contributed by atoms with E-state index in [2.05, 4.69) is 22.4 Å². The fourth-order valence-corrected chi connectivity index (χ4v) is 5.15. The molecule has 1 amide bonds. The first-order valence-electron chi connectivity index (χ1n) is 12.1. The second kappa shape index (κ2) is 11.0. The molecule has 1 aromatic heterocycles. The van der Waals surface area contributed by atoms with Crippen LogP contribution in [0.3, 0.4) is 0 Å². The number of hydrogen-bond donors (Lipinski definition) is 0. The highest BCUT2D eigenvalue weighted by Crippen LogP contribution is 2.31. The number of aromatic nitrogens is 1. The zero-order valence-electron chi connectivity index (χ0n) is 19.7. The lowest BCUT2D eigenvalue weighted by molar-refractivity contribution is -0.133. The molecular formula is C27H29N3O4S. The Morgan fingerprint density at radius 3 is 2.49 bits per heavy atom. The fourth-order valence-electron chi connectivity index (χ4n) is 4.34. The van der Waals surface area contributed by atoms with Gasteiger partial charge in [0.2, 0.25) is 5.91 Å². The largest absolute Gasteiger partial charge is 0.490 e. The Hall–Kier alpha value is -3.23. The summed E-state index contributed by atoms with van der Waals surface area (Å²) in [6, 6.07) is 15.5. The zero-order chi connectivity index (χ0) is 24.0. The van der Waals surface area contributed by atoms with Crippen LogP contribution >= 0.6 is 11.3 Å². The lowest BCUT2D eigenvalue weighted by Crippen LogP contribution is -2.48. The van der Waals surface area contributed by atoms with Crippen LogP contribution in [0.1, 0.15) is 35.3 Å². The molecule has 2 aliphatic heterocycles. The molecule has 0 N–H and O–H groups in total. The average Bonchev–Trinajstić information content (AvgIpc) is 3.23. The van der Waals surface area contributed by atoms with E-state index in [0.29, 0.717) is 43.4 Å². The predicted octanol–water partition coefficient (Wildman–Crippen LogP) is 4.28. The Morgan fingerprint density at radius 1 is 0.914 bits per heavy atom. The van der Waals surface area contributed by atoms with Crippen molar-refractivity contribution in [3.05, 3.63) is 65.2 Å². The van der Waals surface area contributed by atoms with Crippen LogP contribution in [0.2, 0.25) is 0 Å². The number of ether oxygens (including phenoxy) is 2. The quantitative estimate of drug-likeness (QED) is 0.460. The van der Waals surface area contributed by atoms with Gasteiger partial charge in [0, 0.05) is 68.5 Å². The Labute approximate surface area is 209 Å². The minimum Gasteiger partial charge on any atom is -0.490 e. The third-order valence-electron chi connectivity index (χ3n) is 6.32. The number of benzene rings is 2. The first-order chi connectivity index (χ1) is 17.2. The van der Waals surface area contributed by atoms with Crippen molar-refractivity contribution >= 4 is 23.0 Å². The number of nitrogens with zero attached hydrogens (tertiary/aromatic N) is 3. The first-order valence-corrected chi connectivity index (χ1v) is 13.0. The Bertz CT molecular complexity index is 1170. The van der Waals surface area contributed by atoms with Gasteiger partial charge in [-0.05, 0) is 18.2 Å². The highest BCUT2D eigenvalue weighted by Gasteiger charge is 2.23. The molecule has 3 heterocycles. The Kier molecular flexibility index (Phi) is 7.39. The summed E-state index contributed by atoms with van der Waals surface area (Å²) in [4.78, 5) is 34.4. The highest BCUT2D eigenvalue weighted by atomic mass is 32.1. The van der Waals surface area contributed by atoms with Crippen LogP contribution < -0.4 is 9.47 Å². The molecule has 0 radical (unpaired) electrons. The second-order valence-electron chi connectivity index (χ2n) is 8.80. The first kappa shape index (κ1) is 23.5. The minimum absolute atomic E-state index is 0.0346. The normalized spacial score (nSPS) is 16.1. The number of carbonyl (C=O) groups excluding carboxylic acids is 2. The average molecular weight is 492 g/mol. The van der Waals surface area contributed by atoms with Gasteiger partial charge in [0.05, 0.1) is 18.9 Å². The summed E-state index contributed by atoms with van der Waals surface area (Å²) < 4.78 is 11.3. The molecule has 0 saturated carbocycles. The van der Waals surface area contributed by atoms with Crippen LogP contribution in [0, 0.1) is 0 Å². The highest BCUT2D eigenvalue weighted by molar-refractivity contribution is 7.13. The van der Waals surface area contributed by atoms with E-state index >= 15 is 0 Å². The van der Waals surface area contributed by atoms with Gasteiger partial charge < -0.3 is 14.4 Å². The van der Waals surface area contributed by atoms with Crippen molar-refractivity contribution in [3.63, 3.8) is 0 Å². The van der Waals surface area contributed by atoms with Crippen molar-refractivity contribution in [1.82, 2.24) is 14.8 Å². The monoisotopic (exact) mass is 491 g/mol. The Morgan fingerprint density at radius 2 is 1.69 bits per heavy atom. The molecule has 1 saturated heterocycles. The van der Waals surface area contributed by atoms with E-state index in [0.717, 1.165) is 42.3 Å². The summed E-state index contributed by atoms with van der Waals surface area (Å²) in [6.07, 6.45) is 1.23. The molecule has 182 valence electrons. The van der Waals surface area contributed by atoms with Crippen LogP contribution in [0.25, 0.3) is 10.6 Å². The van der Waals surface area contributed by atoms with E-state index in [1.807, 2.05) is 23.1 Å². The number of piperazine rings is 1. The molecule has 1 fully saturated rings. The number of Topliss-reactive ketones (excluding diaryl/α,β-unsaturated/α-hetero) is 1. The van der Waals surface area contributed by atoms with Crippen LogP contribution in [0.4, 0.5) is 0 Å². The van der Waals surface area contributed by atoms with Gasteiger partial charge in [0.15, 0.2) is 17.3 Å². The molecule has 2 aliphatic rings. The molecule has 0 bridgehead atoms. The summed E-state index contributed by atoms with van der Waals surface area (Å²) in [5, 5.41) is 3.15. The predicted molar refractivity (Wildman–Crippen MR) is 135 cm³/mol. The van der Waals surface area contributed by atoms with Crippen LogP contribution in [0.5, 0.6) is 11.5 Å². The summed E-state index contributed by atoms with van der Waals surface area (Å²) in [5.74, 6) is 1.26. The van der Waals surface area contributed by atoms with Gasteiger partial charge in [-0.1, -0.05) is 30.3 Å². The van der Waals surface area contributed by atoms with E-state index in [-0.39, 0.29) is 24.5 Å². The smallest absolute Gasteiger partial charge is 0.223 e. The van der Waals surface area contributed by atoms with Crippen molar-refractivity contribution < 1.29 is 19.1 Å². The topological polar surface area (TPSA) is 72.0 Å². The summed E-state index contributed by atoms with van der Waals surface area (Å²) in [5.41, 5.74) is 2.76. The number of carbonyl (C=O) groups is 2. The molecule has 8 heteroatoms. The van der Waals surface area contributed by atoms with Gasteiger partial charge in [0.1, 0.15) is 5.01 Å². The van der Waals surface area contributed by atoms with Crippen molar-refractivity contribution in [3.8, 4) is 22.1 Å². The van der Waals surface area contributed by atoms with Gasteiger partial charge in [-0.15, -0.1) is 11.3 Å². The van der Waals surface area contributed by atoms with Crippen molar-refractivity contribution in [2.75, 3.05) is 39.4 Å². The van der Waals surface area contributed by atoms with Crippen LogP contribution in [-0.4, -0.2) is 65.9 Å². The van der Waals surface area contributed by atoms with E-state index in [4.69, 9.17) is 14.5 Å². The number of hydrogen-bond acceptors (Lipinski definition) is 7. The SMILES string of the molecule is O=C(CCC(=O)N1CCN(Cc2csc(-c3ccccc3)n2)CC1)c1ccc2c(c1)OCCCO2.